The third-order valence-electron chi connectivity index (χ3n) is 5.75. The number of anilines is 1. The van der Waals surface area contributed by atoms with E-state index in [2.05, 4.69) is 35.2 Å². The summed E-state index contributed by atoms with van der Waals surface area (Å²) in [4.78, 5) is 0. The molecular formula is C21H34N2O3S. The normalized spacial score (nSPS) is 23.4. The zero-order valence-electron chi connectivity index (χ0n) is 16.8. The minimum absolute atomic E-state index is 0.0930. The van der Waals surface area contributed by atoms with Gasteiger partial charge in [-0.3, -0.25) is 0 Å². The van der Waals surface area contributed by atoms with E-state index in [1.807, 2.05) is 0 Å². The monoisotopic (exact) mass is 394 g/mol. The zero-order valence-corrected chi connectivity index (χ0v) is 17.6. The van der Waals surface area contributed by atoms with E-state index in [-0.39, 0.29) is 11.3 Å². The molecule has 1 aromatic carbocycles. The van der Waals surface area contributed by atoms with Gasteiger partial charge in [0.2, 0.25) is 10.0 Å². The van der Waals surface area contributed by atoms with E-state index in [4.69, 9.17) is 4.74 Å². The summed E-state index contributed by atoms with van der Waals surface area (Å²) in [6.45, 7) is 7.30. The molecule has 0 spiro atoms. The Hall–Kier alpha value is -1.27. The van der Waals surface area contributed by atoms with Gasteiger partial charge in [0, 0.05) is 24.3 Å². The summed E-state index contributed by atoms with van der Waals surface area (Å²) < 4.78 is 32.9. The largest absolute Gasteiger partial charge is 0.493 e. The van der Waals surface area contributed by atoms with Crippen LogP contribution in [0.3, 0.4) is 0 Å². The number of ether oxygens (including phenoxy) is 1. The van der Waals surface area contributed by atoms with Crippen LogP contribution in [0.1, 0.15) is 57.9 Å². The third kappa shape index (κ3) is 6.11. The van der Waals surface area contributed by atoms with E-state index in [1.165, 1.54) is 18.4 Å². The van der Waals surface area contributed by atoms with Crippen molar-refractivity contribution in [3.05, 3.63) is 23.8 Å². The second kappa shape index (κ2) is 8.82. The minimum Gasteiger partial charge on any atom is -0.493 e. The fourth-order valence-electron chi connectivity index (χ4n) is 3.47. The van der Waals surface area contributed by atoms with Crippen molar-refractivity contribution in [3.63, 3.8) is 0 Å². The Bertz CT molecular complexity index is 721. The molecule has 0 aliphatic heterocycles. The van der Waals surface area contributed by atoms with E-state index in [9.17, 15) is 8.42 Å². The molecule has 2 fully saturated rings. The van der Waals surface area contributed by atoms with Gasteiger partial charge in [0.15, 0.2) is 0 Å². The fourth-order valence-corrected chi connectivity index (χ4v) is 4.45. The summed E-state index contributed by atoms with van der Waals surface area (Å²) in [6, 6.07) is 6.43. The van der Waals surface area contributed by atoms with Crippen molar-refractivity contribution in [2.24, 2.45) is 11.8 Å². The standard InChI is InChI=1S/C21H34N2O3S/c1-15(2)27(24,25)23-19-10-7-17(8-11-19)13-22-20-9-4-16(3)21(12-20)26-14-18-5-6-18/h4,9,12,15,17-19,22-23H,5-8,10-11,13-14H2,1-3H3. The van der Waals surface area contributed by atoms with Crippen LogP contribution in [0.25, 0.3) is 0 Å². The molecule has 2 aliphatic carbocycles. The maximum atomic E-state index is 12.0. The smallest absolute Gasteiger partial charge is 0.214 e. The lowest BCUT2D eigenvalue weighted by Gasteiger charge is -2.29. The number of benzene rings is 1. The van der Waals surface area contributed by atoms with Crippen LogP contribution in [-0.2, 0) is 10.0 Å². The number of nitrogens with one attached hydrogen (secondary N) is 2. The van der Waals surface area contributed by atoms with Crippen molar-refractivity contribution in [2.75, 3.05) is 18.5 Å². The molecule has 0 heterocycles. The Morgan fingerprint density at radius 2 is 1.74 bits per heavy atom. The molecule has 2 aliphatic rings. The van der Waals surface area contributed by atoms with E-state index in [0.29, 0.717) is 5.92 Å². The molecule has 6 heteroatoms. The van der Waals surface area contributed by atoms with Crippen LogP contribution in [0.5, 0.6) is 5.75 Å². The summed E-state index contributed by atoms with van der Waals surface area (Å²) in [5, 5.41) is 3.18. The van der Waals surface area contributed by atoms with E-state index >= 15 is 0 Å². The quantitative estimate of drug-likeness (QED) is 0.662. The highest BCUT2D eigenvalue weighted by atomic mass is 32.2. The van der Waals surface area contributed by atoms with E-state index in [0.717, 1.165) is 56.2 Å². The van der Waals surface area contributed by atoms with Crippen LogP contribution < -0.4 is 14.8 Å². The molecule has 0 aromatic heterocycles. The summed E-state index contributed by atoms with van der Waals surface area (Å²) in [7, 11) is -3.17. The van der Waals surface area contributed by atoms with Gasteiger partial charge < -0.3 is 10.1 Å². The summed E-state index contributed by atoms with van der Waals surface area (Å²) in [6.07, 6.45) is 6.54. The third-order valence-corrected chi connectivity index (χ3v) is 7.66. The lowest BCUT2D eigenvalue weighted by atomic mass is 9.86. The lowest BCUT2D eigenvalue weighted by Crippen LogP contribution is -2.41. The van der Waals surface area contributed by atoms with Gasteiger partial charge in [-0.2, -0.15) is 0 Å². The highest BCUT2D eigenvalue weighted by molar-refractivity contribution is 7.90. The predicted molar refractivity (Wildman–Crippen MR) is 111 cm³/mol. The SMILES string of the molecule is Cc1ccc(NCC2CCC(NS(=O)(=O)C(C)C)CC2)cc1OCC1CC1. The first-order valence-electron chi connectivity index (χ1n) is 10.3. The van der Waals surface area contributed by atoms with E-state index < -0.39 is 10.0 Å². The zero-order chi connectivity index (χ0) is 19.4. The van der Waals surface area contributed by atoms with Crippen molar-refractivity contribution >= 4 is 15.7 Å². The molecular weight excluding hydrogens is 360 g/mol. The first-order valence-corrected chi connectivity index (χ1v) is 11.9. The van der Waals surface area contributed by atoms with E-state index in [1.54, 1.807) is 13.8 Å². The highest BCUT2D eigenvalue weighted by Crippen LogP contribution is 2.31. The molecule has 27 heavy (non-hydrogen) atoms. The maximum absolute atomic E-state index is 12.0. The molecule has 0 radical (unpaired) electrons. The Morgan fingerprint density at radius 3 is 2.37 bits per heavy atom. The predicted octanol–water partition coefficient (Wildman–Crippen LogP) is 4.08. The summed E-state index contributed by atoms with van der Waals surface area (Å²) >= 11 is 0. The van der Waals surface area contributed by atoms with Crippen molar-refractivity contribution < 1.29 is 13.2 Å². The highest BCUT2D eigenvalue weighted by Gasteiger charge is 2.26. The molecule has 5 nitrogen and oxygen atoms in total. The summed E-state index contributed by atoms with van der Waals surface area (Å²) in [5.41, 5.74) is 2.29. The van der Waals surface area contributed by atoms with Crippen LogP contribution >= 0.6 is 0 Å². The Kier molecular flexibility index (Phi) is 6.69. The van der Waals surface area contributed by atoms with Crippen LogP contribution in [0, 0.1) is 18.8 Å². The van der Waals surface area contributed by atoms with Gasteiger partial charge in [-0.25, -0.2) is 13.1 Å². The van der Waals surface area contributed by atoms with Crippen LogP contribution in [0.4, 0.5) is 5.69 Å². The molecule has 0 amide bonds. The number of hydrogen-bond acceptors (Lipinski definition) is 4. The average molecular weight is 395 g/mol. The Balaban J connectivity index is 1.44. The molecule has 1 aromatic rings. The van der Waals surface area contributed by atoms with Gasteiger partial charge in [-0.15, -0.1) is 0 Å². The van der Waals surface area contributed by atoms with Crippen molar-refractivity contribution in [1.82, 2.24) is 4.72 Å². The number of sulfonamides is 1. The minimum atomic E-state index is -3.17. The lowest BCUT2D eigenvalue weighted by molar-refractivity contribution is 0.298. The first-order chi connectivity index (χ1) is 12.8. The number of rotatable bonds is 9. The van der Waals surface area contributed by atoms with Crippen molar-refractivity contribution in [3.8, 4) is 5.75 Å². The summed E-state index contributed by atoms with van der Waals surface area (Å²) in [5.74, 6) is 2.32. The topological polar surface area (TPSA) is 67.4 Å². The van der Waals surface area contributed by atoms with Gasteiger partial charge in [0.05, 0.1) is 11.9 Å². The fraction of sp³-hybridized carbons (Fsp3) is 0.714. The van der Waals surface area contributed by atoms with Crippen molar-refractivity contribution in [2.45, 2.75) is 70.6 Å². The van der Waals surface area contributed by atoms with Gasteiger partial charge in [-0.1, -0.05) is 6.07 Å². The molecule has 0 bridgehead atoms. The molecule has 3 rings (SSSR count). The first kappa shape index (κ1) is 20.5. The molecule has 152 valence electrons. The van der Waals surface area contributed by atoms with Gasteiger partial charge in [0.1, 0.15) is 5.75 Å². The molecule has 0 saturated heterocycles. The van der Waals surface area contributed by atoms with Crippen LogP contribution in [0.15, 0.2) is 18.2 Å². The second-order valence-corrected chi connectivity index (χ2v) is 10.8. The van der Waals surface area contributed by atoms with Crippen LogP contribution in [-0.4, -0.2) is 32.9 Å². The average Bonchev–Trinajstić information content (AvgIpc) is 3.45. The second-order valence-electron chi connectivity index (χ2n) is 8.54. The molecule has 2 saturated carbocycles. The number of hydrogen-bond donors (Lipinski definition) is 2. The molecule has 2 N–H and O–H groups in total. The van der Waals surface area contributed by atoms with Crippen molar-refractivity contribution in [1.29, 1.82) is 0 Å². The van der Waals surface area contributed by atoms with Gasteiger partial charge >= 0.3 is 0 Å². The Morgan fingerprint density at radius 1 is 1.07 bits per heavy atom. The van der Waals surface area contributed by atoms with Crippen LogP contribution in [0.2, 0.25) is 0 Å². The van der Waals surface area contributed by atoms with Gasteiger partial charge in [-0.05, 0) is 82.8 Å². The number of aryl methyl sites for hydroxylation is 1. The molecule has 0 atom stereocenters. The van der Waals surface area contributed by atoms with Gasteiger partial charge in [0.25, 0.3) is 0 Å². The Labute approximate surface area is 164 Å². The maximum Gasteiger partial charge on any atom is 0.214 e. The molecule has 0 unspecified atom stereocenters.